The van der Waals surface area contributed by atoms with Crippen LogP contribution in [0.3, 0.4) is 0 Å². The molecule has 7 heteroatoms. The summed E-state index contributed by atoms with van der Waals surface area (Å²) in [6, 6.07) is 25.7. The van der Waals surface area contributed by atoms with Gasteiger partial charge in [-0.25, -0.2) is 4.79 Å². The number of likely N-dealkylation sites (tertiary alicyclic amines) is 1. The maximum absolute atomic E-state index is 13.0. The number of carbonyl (C=O) groups is 3. The van der Waals surface area contributed by atoms with Crippen LogP contribution in [0.2, 0.25) is 0 Å². The first-order valence-corrected chi connectivity index (χ1v) is 13.9. The molecule has 0 spiro atoms. The molecule has 7 rings (SSSR count). The number of esters is 1. The van der Waals surface area contributed by atoms with Gasteiger partial charge in [-0.1, -0.05) is 78.9 Å². The van der Waals surface area contributed by atoms with E-state index in [1.165, 1.54) is 42.0 Å². The minimum atomic E-state index is -0.462. The number of benzene rings is 3. The van der Waals surface area contributed by atoms with E-state index in [9.17, 15) is 14.4 Å². The van der Waals surface area contributed by atoms with Crippen LogP contribution in [-0.2, 0) is 30.4 Å². The maximum atomic E-state index is 13.0. The van der Waals surface area contributed by atoms with Gasteiger partial charge in [-0.15, -0.1) is 0 Å². The average Bonchev–Trinajstić information content (AvgIpc) is 3.53. The highest BCUT2D eigenvalue weighted by atomic mass is 16.6. The molecule has 2 heterocycles. The van der Waals surface area contributed by atoms with E-state index in [1.54, 1.807) is 4.90 Å². The van der Waals surface area contributed by atoms with Crippen molar-refractivity contribution in [1.82, 2.24) is 4.90 Å². The third kappa shape index (κ3) is 5.26. The minimum absolute atomic E-state index is 0.00616. The van der Waals surface area contributed by atoms with Crippen LogP contribution < -0.4 is 0 Å². The van der Waals surface area contributed by atoms with Crippen molar-refractivity contribution in [3.05, 3.63) is 95.6 Å². The molecule has 1 saturated carbocycles. The SMILES string of the molecule is CC(=O)OCc1ccccc1.O=C1CO[C@@H]2[C@@H](C3CC3)CN(C(=O)OCC3c4ccccc4-c4ccccc43)[C@H]12. The van der Waals surface area contributed by atoms with Gasteiger partial charge in [0.25, 0.3) is 0 Å². The molecular weight excluding hydrogens is 506 g/mol. The smallest absolute Gasteiger partial charge is 0.410 e. The summed E-state index contributed by atoms with van der Waals surface area (Å²) in [4.78, 5) is 37.4. The van der Waals surface area contributed by atoms with Gasteiger partial charge in [0, 0.05) is 25.3 Å². The number of ketones is 1. The number of amides is 1. The molecule has 0 radical (unpaired) electrons. The van der Waals surface area contributed by atoms with Crippen molar-refractivity contribution in [1.29, 1.82) is 0 Å². The number of hydrogen-bond donors (Lipinski definition) is 0. The number of Topliss-reactive ketones (excluding diaryl/α,β-unsaturated/α-hetero) is 1. The van der Waals surface area contributed by atoms with Gasteiger partial charge in [0.1, 0.15) is 25.9 Å². The first kappa shape index (κ1) is 26.3. The van der Waals surface area contributed by atoms with Crippen molar-refractivity contribution in [3.8, 4) is 11.1 Å². The summed E-state index contributed by atoms with van der Waals surface area (Å²) in [7, 11) is 0. The average molecular weight is 540 g/mol. The monoisotopic (exact) mass is 539 g/mol. The fourth-order valence-electron chi connectivity index (χ4n) is 6.26. The van der Waals surface area contributed by atoms with Crippen LogP contribution in [0.1, 0.15) is 42.4 Å². The van der Waals surface area contributed by atoms with E-state index in [4.69, 9.17) is 14.2 Å². The molecule has 1 amide bonds. The molecule has 2 saturated heterocycles. The number of hydrogen-bond acceptors (Lipinski definition) is 6. The minimum Gasteiger partial charge on any atom is -0.461 e. The normalized spacial score (nSPS) is 22.6. The summed E-state index contributed by atoms with van der Waals surface area (Å²) in [5.41, 5.74) is 5.81. The molecule has 3 aromatic carbocycles. The fourth-order valence-corrected chi connectivity index (χ4v) is 6.26. The summed E-state index contributed by atoms with van der Waals surface area (Å²) in [6.07, 6.45) is 1.81. The lowest BCUT2D eigenvalue weighted by Crippen LogP contribution is -2.42. The first-order valence-electron chi connectivity index (χ1n) is 13.9. The van der Waals surface area contributed by atoms with Gasteiger partial charge in [0.05, 0.1) is 6.10 Å². The summed E-state index contributed by atoms with van der Waals surface area (Å²) in [5, 5.41) is 0. The zero-order chi connectivity index (χ0) is 27.6. The molecule has 0 N–H and O–H groups in total. The summed E-state index contributed by atoms with van der Waals surface area (Å²) in [5.74, 6) is 0.645. The van der Waals surface area contributed by atoms with Crippen molar-refractivity contribution < 1.29 is 28.6 Å². The molecule has 2 aliphatic heterocycles. The van der Waals surface area contributed by atoms with Gasteiger partial charge < -0.3 is 14.2 Å². The number of carbonyl (C=O) groups excluding carboxylic acids is 3. The second kappa shape index (κ2) is 11.3. The Morgan fingerprint density at radius 2 is 1.50 bits per heavy atom. The number of rotatable bonds is 5. The van der Waals surface area contributed by atoms with Crippen LogP contribution in [0, 0.1) is 11.8 Å². The lowest BCUT2D eigenvalue weighted by Gasteiger charge is -2.22. The molecule has 3 fully saturated rings. The van der Waals surface area contributed by atoms with E-state index in [1.807, 2.05) is 54.6 Å². The lowest BCUT2D eigenvalue weighted by molar-refractivity contribution is -0.142. The van der Waals surface area contributed by atoms with Gasteiger partial charge in [-0.2, -0.15) is 0 Å². The van der Waals surface area contributed by atoms with Crippen molar-refractivity contribution in [2.75, 3.05) is 19.8 Å². The molecule has 3 atom stereocenters. The van der Waals surface area contributed by atoms with Crippen molar-refractivity contribution in [3.63, 3.8) is 0 Å². The zero-order valence-corrected chi connectivity index (χ0v) is 22.5. The van der Waals surface area contributed by atoms with Crippen LogP contribution in [0.4, 0.5) is 4.79 Å². The molecule has 3 aromatic rings. The predicted molar refractivity (Wildman–Crippen MR) is 148 cm³/mol. The van der Waals surface area contributed by atoms with E-state index in [0.29, 0.717) is 19.1 Å². The van der Waals surface area contributed by atoms with E-state index in [-0.39, 0.29) is 49.0 Å². The van der Waals surface area contributed by atoms with Crippen LogP contribution in [0.15, 0.2) is 78.9 Å². The molecule has 7 nitrogen and oxygen atoms in total. The second-order valence-electron chi connectivity index (χ2n) is 10.9. The Labute approximate surface area is 234 Å². The summed E-state index contributed by atoms with van der Waals surface area (Å²) in [6.45, 7) is 2.75. The molecule has 2 aliphatic carbocycles. The molecule has 0 unspecified atom stereocenters. The molecular formula is C33H33NO6. The Bertz CT molecular complexity index is 1360. The molecule has 40 heavy (non-hydrogen) atoms. The van der Waals surface area contributed by atoms with Crippen molar-refractivity contribution in [2.24, 2.45) is 11.8 Å². The third-order valence-corrected chi connectivity index (χ3v) is 8.31. The Morgan fingerprint density at radius 3 is 2.12 bits per heavy atom. The Morgan fingerprint density at radius 1 is 0.875 bits per heavy atom. The molecule has 206 valence electrons. The first-order chi connectivity index (χ1) is 19.5. The third-order valence-electron chi connectivity index (χ3n) is 8.31. The lowest BCUT2D eigenvalue weighted by atomic mass is 9.97. The highest BCUT2D eigenvalue weighted by Crippen LogP contribution is 2.47. The van der Waals surface area contributed by atoms with Crippen LogP contribution in [-0.4, -0.2) is 54.7 Å². The topological polar surface area (TPSA) is 82.1 Å². The Kier molecular flexibility index (Phi) is 7.39. The fraction of sp³-hybridized carbons (Fsp3) is 0.364. The standard InChI is InChI=1S/C24H23NO4.C9H10O2/c26-21-13-28-23-19(14-9-10-14)11-25(22(21)23)24(27)29-12-20-17-7-3-1-5-15(17)16-6-2-4-8-18(16)20;1-8(10)11-7-9-5-3-2-4-6-9/h1-8,14,19-20,22-23H,9-13H2;2-6H,7H2,1H3/t19-,22-,23-;/m1./s1. The van der Waals surface area contributed by atoms with Crippen LogP contribution in [0.25, 0.3) is 11.1 Å². The largest absolute Gasteiger partial charge is 0.461 e. The van der Waals surface area contributed by atoms with Crippen molar-refractivity contribution in [2.45, 2.75) is 44.4 Å². The van der Waals surface area contributed by atoms with Gasteiger partial charge >= 0.3 is 12.1 Å². The van der Waals surface area contributed by atoms with Gasteiger partial charge in [-0.05, 0) is 46.6 Å². The van der Waals surface area contributed by atoms with Gasteiger partial charge in [0.2, 0.25) is 0 Å². The summed E-state index contributed by atoms with van der Waals surface area (Å²) >= 11 is 0. The highest BCUT2D eigenvalue weighted by molar-refractivity contribution is 5.91. The van der Waals surface area contributed by atoms with Gasteiger partial charge in [0.15, 0.2) is 5.78 Å². The Hall–Kier alpha value is -3.97. The number of fused-ring (bicyclic) bond motifs is 4. The second-order valence-corrected chi connectivity index (χ2v) is 10.9. The molecule has 4 aliphatic rings. The van der Waals surface area contributed by atoms with E-state index in [0.717, 1.165) is 5.56 Å². The van der Waals surface area contributed by atoms with E-state index in [2.05, 4.69) is 24.3 Å². The maximum Gasteiger partial charge on any atom is 0.410 e. The highest BCUT2D eigenvalue weighted by Gasteiger charge is 2.56. The Balaban J connectivity index is 0.000000223. The van der Waals surface area contributed by atoms with Crippen molar-refractivity contribution >= 4 is 17.8 Å². The predicted octanol–water partition coefficient (Wildman–Crippen LogP) is 5.36. The van der Waals surface area contributed by atoms with Crippen LogP contribution in [0.5, 0.6) is 0 Å². The van der Waals surface area contributed by atoms with Gasteiger partial charge in [-0.3, -0.25) is 14.5 Å². The zero-order valence-electron chi connectivity index (χ0n) is 22.5. The van der Waals surface area contributed by atoms with Crippen LogP contribution >= 0.6 is 0 Å². The van der Waals surface area contributed by atoms with E-state index >= 15 is 0 Å². The quantitative estimate of drug-likeness (QED) is 0.406. The number of nitrogens with zero attached hydrogens (tertiary/aromatic N) is 1. The molecule has 0 aromatic heterocycles. The summed E-state index contributed by atoms with van der Waals surface area (Å²) < 4.78 is 16.4. The number of ether oxygens (including phenoxy) is 3. The van der Waals surface area contributed by atoms with E-state index < -0.39 is 6.04 Å². The molecule has 0 bridgehead atoms.